The molecular weight excluding hydrogens is 251 g/mol. The molecule has 0 heterocycles. The molecule has 126 valence electrons. The summed E-state index contributed by atoms with van der Waals surface area (Å²) < 4.78 is 0. The molecule has 0 aromatic carbocycles. The molecule has 0 aliphatic carbocycles. The first-order valence-electron chi connectivity index (χ1n) is 9.50. The normalized spacial score (nSPS) is 17.5. The molecule has 0 aliphatic heterocycles. The first kappa shape index (κ1) is 21.1. The maximum Gasteiger partial charge on any atom is 0.105 e. The van der Waals surface area contributed by atoms with Gasteiger partial charge in [0, 0.05) is 0 Å². The van der Waals surface area contributed by atoms with Crippen LogP contribution in [0.5, 0.6) is 0 Å². The zero-order valence-electron chi connectivity index (χ0n) is 16.7. The smallest absolute Gasteiger partial charge is 0.0697 e. The molecule has 0 aromatic rings. The molecule has 0 bridgehead atoms. The third-order valence-corrected chi connectivity index (χ3v) is 5.71. The zero-order valence-corrected chi connectivity index (χ0v) is 16.7. The van der Waals surface area contributed by atoms with Crippen LogP contribution in [0.3, 0.4) is 0 Å². The summed E-state index contributed by atoms with van der Waals surface area (Å²) in [5.41, 5.74) is 1.01. The SMILES string of the molecule is BC(CC)CC(CCC(C)(C)CC)C(C)CCC(C)(C)C. The first-order valence-corrected chi connectivity index (χ1v) is 9.50. The van der Waals surface area contributed by atoms with Crippen LogP contribution in [0.2, 0.25) is 5.82 Å². The summed E-state index contributed by atoms with van der Waals surface area (Å²) in [4.78, 5) is 0. The van der Waals surface area contributed by atoms with Crippen LogP contribution in [-0.4, -0.2) is 7.85 Å². The van der Waals surface area contributed by atoms with Crippen molar-refractivity contribution in [3.8, 4) is 0 Å². The van der Waals surface area contributed by atoms with E-state index in [1.165, 1.54) is 44.9 Å². The van der Waals surface area contributed by atoms with Gasteiger partial charge in [0.1, 0.15) is 7.85 Å². The van der Waals surface area contributed by atoms with E-state index in [-0.39, 0.29) is 0 Å². The van der Waals surface area contributed by atoms with E-state index < -0.39 is 0 Å². The van der Waals surface area contributed by atoms with E-state index in [0.29, 0.717) is 10.8 Å². The van der Waals surface area contributed by atoms with Crippen molar-refractivity contribution in [2.75, 3.05) is 0 Å². The molecule has 0 nitrogen and oxygen atoms in total. The van der Waals surface area contributed by atoms with Gasteiger partial charge in [-0.25, -0.2) is 0 Å². The molecule has 0 saturated heterocycles. The number of rotatable bonds is 10. The van der Waals surface area contributed by atoms with Crippen molar-refractivity contribution < 1.29 is 0 Å². The van der Waals surface area contributed by atoms with Crippen LogP contribution in [0, 0.1) is 22.7 Å². The van der Waals surface area contributed by atoms with Crippen molar-refractivity contribution in [3.05, 3.63) is 0 Å². The Morgan fingerprint density at radius 1 is 0.905 bits per heavy atom. The highest BCUT2D eigenvalue weighted by Crippen LogP contribution is 2.37. The summed E-state index contributed by atoms with van der Waals surface area (Å²) in [6, 6.07) is 0. The van der Waals surface area contributed by atoms with Gasteiger partial charge in [-0.2, -0.15) is 0 Å². The van der Waals surface area contributed by atoms with Crippen molar-refractivity contribution in [2.24, 2.45) is 22.7 Å². The molecule has 21 heavy (non-hydrogen) atoms. The van der Waals surface area contributed by atoms with E-state index in [2.05, 4.69) is 63.2 Å². The minimum atomic E-state index is 0.484. The molecule has 0 fully saturated rings. The summed E-state index contributed by atoms with van der Waals surface area (Å²) >= 11 is 0. The Kier molecular flexibility index (Phi) is 9.29. The lowest BCUT2D eigenvalue weighted by Crippen LogP contribution is -2.20. The van der Waals surface area contributed by atoms with Crippen molar-refractivity contribution in [1.82, 2.24) is 0 Å². The summed E-state index contributed by atoms with van der Waals surface area (Å²) in [6.07, 6.45) is 9.65. The van der Waals surface area contributed by atoms with Crippen molar-refractivity contribution >= 4 is 7.85 Å². The van der Waals surface area contributed by atoms with Gasteiger partial charge in [0.2, 0.25) is 0 Å². The fourth-order valence-corrected chi connectivity index (χ4v) is 2.97. The van der Waals surface area contributed by atoms with Gasteiger partial charge in [0.15, 0.2) is 0 Å². The Bertz CT molecular complexity index is 262. The third kappa shape index (κ3) is 10.4. The van der Waals surface area contributed by atoms with Crippen LogP contribution in [0.25, 0.3) is 0 Å². The Labute approximate surface area is 137 Å². The van der Waals surface area contributed by atoms with Crippen molar-refractivity contribution in [2.45, 2.75) is 106 Å². The van der Waals surface area contributed by atoms with Crippen LogP contribution in [-0.2, 0) is 0 Å². The molecule has 0 amide bonds. The second kappa shape index (κ2) is 9.26. The molecule has 1 heteroatoms. The van der Waals surface area contributed by atoms with Crippen LogP contribution in [0.1, 0.15) is 100 Å². The second-order valence-electron chi connectivity index (χ2n) is 9.64. The number of hydrogen-bond donors (Lipinski definition) is 0. The maximum absolute atomic E-state index is 2.51. The topological polar surface area (TPSA) is 0 Å². The lowest BCUT2D eigenvalue weighted by molar-refractivity contribution is 0.211. The first-order chi connectivity index (χ1) is 9.50. The average molecular weight is 294 g/mol. The van der Waals surface area contributed by atoms with Gasteiger partial charge in [-0.1, -0.05) is 80.5 Å². The summed E-state index contributed by atoms with van der Waals surface area (Å²) in [5, 5.41) is 0. The molecule has 0 N–H and O–H groups in total. The molecule has 3 unspecified atom stereocenters. The predicted molar refractivity (Wildman–Crippen MR) is 102 cm³/mol. The van der Waals surface area contributed by atoms with E-state index in [9.17, 15) is 0 Å². The van der Waals surface area contributed by atoms with E-state index in [1.807, 2.05) is 0 Å². The molecular formula is C20H43B. The van der Waals surface area contributed by atoms with E-state index in [0.717, 1.165) is 17.7 Å². The lowest BCUT2D eigenvalue weighted by Gasteiger charge is -2.32. The van der Waals surface area contributed by atoms with Gasteiger partial charge in [0.25, 0.3) is 0 Å². The highest BCUT2D eigenvalue weighted by Gasteiger charge is 2.24. The predicted octanol–water partition coefficient (Wildman–Crippen LogP) is 6.50. The van der Waals surface area contributed by atoms with Crippen molar-refractivity contribution in [3.63, 3.8) is 0 Å². The Hall–Kier alpha value is 0.0649. The number of hydrogen-bond acceptors (Lipinski definition) is 0. The Balaban J connectivity index is 4.57. The van der Waals surface area contributed by atoms with E-state index in [1.54, 1.807) is 0 Å². The molecule has 0 radical (unpaired) electrons. The van der Waals surface area contributed by atoms with Gasteiger partial charge < -0.3 is 0 Å². The van der Waals surface area contributed by atoms with E-state index >= 15 is 0 Å². The fourth-order valence-electron chi connectivity index (χ4n) is 2.97. The quantitative estimate of drug-likeness (QED) is 0.403. The third-order valence-electron chi connectivity index (χ3n) is 5.71. The minimum absolute atomic E-state index is 0.484. The Morgan fingerprint density at radius 2 is 1.48 bits per heavy atom. The van der Waals surface area contributed by atoms with Gasteiger partial charge in [0.05, 0.1) is 0 Å². The largest absolute Gasteiger partial charge is 0.105 e. The fraction of sp³-hybridized carbons (Fsp3) is 1.00. The highest BCUT2D eigenvalue weighted by atomic mass is 14.3. The molecule has 0 aromatic heterocycles. The monoisotopic (exact) mass is 294 g/mol. The lowest BCUT2D eigenvalue weighted by atomic mass is 9.70. The van der Waals surface area contributed by atoms with Crippen LogP contribution >= 0.6 is 0 Å². The van der Waals surface area contributed by atoms with Crippen LogP contribution < -0.4 is 0 Å². The molecule has 0 aliphatic rings. The molecule has 3 atom stereocenters. The molecule has 0 spiro atoms. The summed E-state index contributed by atoms with van der Waals surface area (Å²) in [5.74, 6) is 2.69. The Morgan fingerprint density at radius 3 is 1.90 bits per heavy atom. The van der Waals surface area contributed by atoms with Gasteiger partial charge in [-0.15, -0.1) is 0 Å². The van der Waals surface area contributed by atoms with Crippen LogP contribution in [0.15, 0.2) is 0 Å². The van der Waals surface area contributed by atoms with Gasteiger partial charge >= 0.3 is 0 Å². The molecule has 0 saturated carbocycles. The average Bonchev–Trinajstić information content (AvgIpc) is 2.39. The van der Waals surface area contributed by atoms with Crippen molar-refractivity contribution in [1.29, 1.82) is 0 Å². The highest BCUT2D eigenvalue weighted by molar-refractivity contribution is 6.11. The van der Waals surface area contributed by atoms with E-state index in [4.69, 9.17) is 0 Å². The minimum Gasteiger partial charge on any atom is -0.0697 e. The maximum atomic E-state index is 2.51. The zero-order chi connectivity index (χ0) is 16.7. The van der Waals surface area contributed by atoms with Gasteiger partial charge in [-0.3, -0.25) is 0 Å². The standard InChI is InChI=1S/C20H43B/c1-9-18(21)15-17(12-14-20(7,8)10-2)16(3)11-13-19(4,5)6/h16-18H,9-15,21H2,1-8H3. The molecule has 0 rings (SSSR count). The summed E-state index contributed by atoms with van der Waals surface area (Å²) in [6.45, 7) is 19.2. The van der Waals surface area contributed by atoms with Crippen LogP contribution in [0.4, 0.5) is 0 Å². The summed E-state index contributed by atoms with van der Waals surface area (Å²) in [7, 11) is 2.44. The van der Waals surface area contributed by atoms with Gasteiger partial charge in [-0.05, 0) is 48.3 Å². The second-order valence-corrected chi connectivity index (χ2v) is 9.64.